The van der Waals surface area contributed by atoms with Gasteiger partial charge in [0.05, 0.1) is 5.92 Å². The molecule has 2 heterocycles. The number of nitriles is 1. The summed E-state index contributed by atoms with van der Waals surface area (Å²) >= 11 is 0. The first-order chi connectivity index (χ1) is 17.9. The van der Waals surface area contributed by atoms with E-state index in [4.69, 9.17) is 24.4 Å². The molecule has 0 radical (unpaired) electrons. The van der Waals surface area contributed by atoms with Crippen LogP contribution in [0.25, 0.3) is 11.0 Å². The molecule has 2 N–H and O–H groups in total. The van der Waals surface area contributed by atoms with Crippen LogP contribution in [0, 0.1) is 24.1 Å². The summed E-state index contributed by atoms with van der Waals surface area (Å²) in [6.45, 7) is 5.65. The number of esters is 1. The van der Waals surface area contributed by atoms with E-state index in [1.165, 1.54) is 24.3 Å². The monoisotopic (exact) mass is 496 g/mol. The third-order valence-electron chi connectivity index (χ3n) is 6.04. The number of nitrogens with two attached hydrogens (primary N) is 1. The van der Waals surface area contributed by atoms with Gasteiger partial charge in [0.25, 0.3) is 0 Å². The van der Waals surface area contributed by atoms with E-state index in [0.29, 0.717) is 40.2 Å². The minimum Gasteiger partial charge on any atom is -0.490 e. The molecule has 1 aliphatic rings. The molecule has 1 atom stereocenters. The van der Waals surface area contributed by atoms with Crippen molar-refractivity contribution in [2.45, 2.75) is 12.8 Å². The maximum Gasteiger partial charge on any atom is 0.379 e. The number of furan rings is 1. The molecule has 0 spiro atoms. The van der Waals surface area contributed by atoms with Gasteiger partial charge in [-0.3, -0.25) is 0 Å². The van der Waals surface area contributed by atoms with Crippen molar-refractivity contribution >= 4 is 16.9 Å². The second kappa shape index (κ2) is 9.55. The van der Waals surface area contributed by atoms with Crippen LogP contribution in [0.15, 0.2) is 89.2 Å². The number of carbonyl (C=O) groups excluding carboxylic acids is 1. The summed E-state index contributed by atoms with van der Waals surface area (Å²) in [6.07, 6.45) is 1.64. The summed E-state index contributed by atoms with van der Waals surface area (Å²) in [5.41, 5.74) is 8.65. The number of hydrogen-bond acceptors (Lipinski definition) is 7. The van der Waals surface area contributed by atoms with E-state index in [1.807, 2.05) is 24.3 Å². The van der Waals surface area contributed by atoms with Gasteiger partial charge >= 0.3 is 5.97 Å². The summed E-state index contributed by atoms with van der Waals surface area (Å²) < 4.78 is 36.2. The number of fused-ring (bicyclic) bond motifs is 2. The molecule has 3 aromatic carbocycles. The van der Waals surface area contributed by atoms with Crippen LogP contribution in [0.4, 0.5) is 4.39 Å². The molecule has 1 aromatic heterocycles. The molecule has 0 bridgehead atoms. The van der Waals surface area contributed by atoms with Crippen LogP contribution in [0.1, 0.15) is 33.2 Å². The molecular formula is C29H21FN2O5. The number of halogens is 1. The average Bonchev–Trinajstić information content (AvgIpc) is 3.22. The fraction of sp³-hybridized carbons (Fsp3) is 0.103. The van der Waals surface area contributed by atoms with Crippen molar-refractivity contribution in [3.63, 3.8) is 0 Å². The van der Waals surface area contributed by atoms with Crippen molar-refractivity contribution in [1.82, 2.24) is 0 Å². The Balaban J connectivity index is 1.47. The van der Waals surface area contributed by atoms with Crippen LogP contribution in [-0.2, 0) is 0 Å². The Hall–Kier alpha value is -5.03. The molecule has 1 aliphatic heterocycles. The molecule has 5 rings (SSSR count). The quantitative estimate of drug-likeness (QED) is 0.202. The topological polar surface area (TPSA) is 108 Å². The van der Waals surface area contributed by atoms with Crippen molar-refractivity contribution in [3.05, 3.63) is 113 Å². The zero-order valence-electron chi connectivity index (χ0n) is 19.8. The zero-order chi connectivity index (χ0) is 26.1. The SMILES string of the molecule is C=CCOc1cccc(C2C(C#N)=C(N)Oc3cc(OC(=O)c4oc5ccc(F)cc5c4C)ccc32)c1. The standard InChI is InChI=1S/C29H21FN2O5/c1-3-11-34-19-6-4-5-17(12-19)26-21-9-8-20(14-25(21)37-28(32)23(26)15-31)35-29(33)27-16(2)22-13-18(30)7-10-24(22)36-27/h3-10,12-14,26H,1,11,32H2,2H3. The van der Waals surface area contributed by atoms with Crippen molar-refractivity contribution in [3.8, 4) is 23.3 Å². The zero-order valence-corrected chi connectivity index (χ0v) is 19.8. The van der Waals surface area contributed by atoms with Crippen LogP contribution in [0.2, 0.25) is 0 Å². The van der Waals surface area contributed by atoms with Gasteiger partial charge in [-0.15, -0.1) is 0 Å². The lowest BCUT2D eigenvalue weighted by Crippen LogP contribution is -2.21. The molecule has 184 valence electrons. The number of allylic oxidation sites excluding steroid dienone is 1. The van der Waals surface area contributed by atoms with Gasteiger partial charge in [0, 0.05) is 22.6 Å². The van der Waals surface area contributed by atoms with E-state index < -0.39 is 17.7 Å². The summed E-state index contributed by atoms with van der Waals surface area (Å²) in [5.74, 6) is -0.619. The number of carbonyl (C=O) groups is 1. The third kappa shape index (κ3) is 4.39. The number of benzene rings is 3. The van der Waals surface area contributed by atoms with E-state index in [0.717, 1.165) is 5.56 Å². The highest BCUT2D eigenvalue weighted by atomic mass is 19.1. The van der Waals surface area contributed by atoms with E-state index in [2.05, 4.69) is 12.6 Å². The largest absolute Gasteiger partial charge is 0.490 e. The lowest BCUT2D eigenvalue weighted by atomic mass is 9.83. The number of aryl methyl sites for hydroxylation is 1. The molecule has 0 saturated heterocycles. The molecule has 1 unspecified atom stereocenters. The van der Waals surface area contributed by atoms with Crippen LogP contribution in [0.5, 0.6) is 17.2 Å². The van der Waals surface area contributed by atoms with Crippen LogP contribution >= 0.6 is 0 Å². The van der Waals surface area contributed by atoms with E-state index in [9.17, 15) is 14.4 Å². The Morgan fingerprint density at radius 3 is 2.81 bits per heavy atom. The summed E-state index contributed by atoms with van der Waals surface area (Å²) in [4.78, 5) is 12.9. The van der Waals surface area contributed by atoms with Crippen molar-refractivity contribution in [1.29, 1.82) is 5.26 Å². The highest BCUT2D eigenvalue weighted by Crippen LogP contribution is 2.44. The maximum atomic E-state index is 13.6. The molecular weight excluding hydrogens is 475 g/mol. The molecule has 0 aliphatic carbocycles. The molecule has 0 saturated carbocycles. The highest BCUT2D eigenvalue weighted by molar-refractivity contribution is 5.96. The second-order valence-electron chi connectivity index (χ2n) is 8.38. The molecule has 4 aromatic rings. The Labute approximate surface area is 211 Å². The molecule has 0 amide bonds. The van der Waals surface area contributed by atoms with Crippen LogP contribution in [0.3, 0.4) is 0 Å². The minimum absolute atomic E-state index is 0.0281. The molecule has 37 heavy (non-hydrogen) atoms. The Morgan fingerprint density at radius 2 is 2.03 bits per heavy atom. The number of ether oxygens (including phenoxy) is 3. The predicted molar refractivity (Wildman–Crippen MR) is 134 cm³/mol. The fourth-order valence-electron chi connectivity index (χ4n) is 4.32. The average molecular weight is 496 g/mol. The fourth-order valence-corrected chi connectivity index (χ4v) is 4.32. The maximum absolute atomic E-state index is 13.6. The Kier molecular flexibility index (Phi) is 6.12. The van der Waals surface area contributed by atoms with Gasteiger partial charge < -0.3 is 24.4 Å². The smallest absolute Gasteiger partial charge is 0.379 e. The van der Waals surface area contributed by atoms with E-state index >= 15 is 0 Å². The number of hydrogen-bond donors (Lipinski definition) is 1. The molecule has 0 fully saturated rings. The van der Waals surface area contributed by atoms with Gasteiger partial charge in [-0.1, -0.05) is 30.9 Å². The minimum atomic E-state index is -0.741. The summed E-state index contributed by atoms with van der Waals surface area (Å²) in [5, 5.41) is 10.3. The van der Waals surface area contributed by atoms with Gasteiger partial charge in [0.1, 0.15) is 46.9 Å². The third-order valence-corrected chi connectivity index (χ3v) is 6.04. The first kappa shape index (κ1) is 23.7. The summed E-state index contributed by atoms with van der Waals surface area (Å²) in [6, 6.07) is 18.3. The van der Waals surface area contributed by atoms with Crippen molar-refractivity contribution < 1.29 is 27.8 Å². The number of nitrogens with zero attached hydrogens (tertiary/aromatic N) is 1. The van der Waals surface area contributed by atoms with Crippen LogP contribution < -0.4 is 19.9 Å². The Bertz CT molecular complexity index is 1630. The highest BCUT2D eigenvalue weighted by Gasteiger charge is 2.31. The molecule has 7 nitrogen and oxygen atoms in total. The van der Waals surface area contributed by atoms with Crippen molar-refractivity contribution in [2.75, 3.05) is 6.61 Å². The van der Waals surface area contributed by atoms with Gasteiger partial charge in [-0.2, -0.15) is 5.26 Å². The van der Waals surface area contributed by atoms with E-state index in [-0.39, 0.29) is 23.0 Å². The second-order valence-corrected chi connectivity index (χ2v) is 8.38. The van der Waals surface area contributed by atoms with Crippen molar-refractivity contribution in [2.24, 2.45) is 5.73 Å². The van der Waals surface area contributed by atoms with Gasteiger partial charge in [0.2, 0.25) is 11.6 Å². The van der Waals surface area contributed by atoms with E-state index in [1.54, 1.807) is 25.1 Å². The molecule has 8 heteroatoms. The normalized spacial score (nSPS) is 14.5. The van der Waals surface area contributed by atoms with Crippen LogP contribution in [-0.4, -0.2) is 12.6 Å². The van der Waals surface area contributed by atoms with Gasteiger partial charge in [-0.05, 0) is 48.9 Å². The lowest BCUT2D eigenvalue weighted by molar-refractivity contribution is 0.0702. The Morgan fingerprint density at radius 1 is 1.19 bits per heavy atom. The lowest BCUT2D eigenvalue weighted by Gasteiger charge is -2.27. The first-order valence-electron chi connectivity index (χ1n) is 11.4. The first-order valence-corrected chi connectivity index (χ1v) is 11.4. The predicted octanol–water partition coefficient (Wildman–Crippen LogP) is 5.88. The van der Waals surface area contributed by atoms with Gasteiger partial charge in [0.15, 0.2) is 0 Å². The summed E-state index contributed by atoms with van der Waals surface area (Å²) in [7, 11) is 0. The number of rotatable bonds is 6. The van der Waals surface area contributed by atoms with Gasteiger partial charge in [-0.25, -0.2) is 9.18 Å².